The Morgan fingerprint density at radius 3 is 2.71 bits per heavy atom. The van der Waals surface area contributed by atoms with Crippen molar-refractivity contribution in [3.8, 4) is 0 Å². The van der Waals surface area contributed by atoms with E-state index in [2.05, 4.69) is 4.90 Å². The normalized spacial score (nSPS) is 23.9. The molecule has 0 spiro atoms. The smallest absolute Gasteiger partial charge is 0.309 e. The first-order chi connectivity index (χ1) is 10.2. The zero-order valence-corrected chi connectivity index (χ0v) is 12.9. The summed E-state index contributed by atoms with van der Waals surface area (Å²) in [7, 11) is 1.45. The topological polar surface area (TPSA) is 59.1 Å². The molecule has 2 heterocycles. The quantitative estimate of drug-likeness (QED) is 0.692. The molecule has 1 atom stereocenters. The summed E-state index contributed by atoms with van der Waals surface area (Å²) in [6.07, 6.45) is 3.37. The van der Waals surface area contributed by atoms with Crippen LogP contribution in [0.15, 0.2) is 0 Å². The Hall–Kier alpha value is -1.14. The van der Waals surface area contributed by atoms with E-state index in [0.717, 1.165) is 38.9 Å². The van der Waals surface area contributed by atoms with Crippen molar-refractivity contribution in [2.45, 2.75) is 25.7 Å². The molecular formula is C15H26N2O4. The van der Waals surface area contributed by atoms with Gasteiger partial charge in [-0.05, 0) is 32.4 Å². The van der Waals surface area contributed by atoms with Crippen LogP contribution in [0.3, 0.4) is 0 Å². The van der Waals surface area contributed by atoms with E-state index in [1.165, 1.54) is 7.11 Å². The predicted molar refractivity (Wildman–Crippen MR) is 77.8 cm³/mol. The molecule has 6 nitrogen and oxygen atoms in total. The molecule has 0 bridgehead atoms. The van der Waals surface area contributed by atoms with Crippen LogP contribution in [0.5, 0.6) is 0 Å². The van der Waals surface area contributed by atoms with Crippen LogP contribution in [-0.2, 0) is 19.1 Å². The molecule has 2 saturated heterocycles. The molecule has 0 radical (unpaired) electrons. The molecule has 0 aromatic rings. The first-order valence-electron chi connectivity index (χ1n) is 7.86. The summed E-state index contributed by atoms with van der Waals surface area (Å²) in [5, 5.41) is 0. The Kier molecular flexibility index (Phi) is 6.45. The van der Waals surface area contributed by atoms with Crippen molar-refractivity contribution in [2.24, 2.45) is 5.92 Å². The van der Waals surface area contributed by atoms with Crippen molar-refractivity contribution in [1.29, 1.82) is 0 Å². The fourth-order valence-electron chi connectivity index (χ4n) is 3.04. The fraction of sp³-hybridized carbons (Fsp3) is 0.867. The van der Waals surface area contributed by atoms with Crippen molar-refractivity contribution in [3.63, 3.8) is 0 Å². The van der Waals surface area contributed by atoms with Gasteiger partial charge in [-0.2, -0.15) is 0 Å². The minimum absolute atomic E-state index is 0.00121. The third-order valence-corrected chi connectivity index (χ3v) is 4.27. The summed E-state index contributed by atoms with van der Waals surface area (Å²) >= 11 is 0. The van der Waals surface area contributed by atoms with E-state index in [4.69, 9.17) is 9.47 Å². The molecule has 0 saturated carbocycles. The van der Waals surface area contributed by atoms with Crippen molar-refractivity contribution >= 4 is 11.9 Å². The van der Waals surface area contributed by atoms with E-state index in [9.17, 15) is 9.59 Å². The molecule has 6 heteroatoms. The van der Waals surface area contributed by atoms with Gasteiger partial charge < -0.3 is 19.3 Å². The van der Waals surface area contributed by atoms with Crippen LogP contribution >= 0.6 is 0 Å². The van der Waals surface area contributed by atoms with Gasteiger partial charge in [0, 0.05) is 26.1 Å². The Balaban J connectivity index is 1.65. The number of carbonyl (C=O) groups is 2. The standard InChI is InChI=1S/C15H26N2O4/c1-20-15(19)13-4-2-6-16(12-13)7-3-5-14(18)17-8-10-21-11-9-17/h13H,2-12H2,1H3. The van der Waals surface area contributed by atoms with Crippen LogP contribution in [0.25, 0.3) is 0 Å². The second-order valence-corrected chi connectivity index (χ2v) is 5.76. The molecule has 0 aliphatic carbocycles. The van der Waals surface area contributed by atoms with Crippen LogP contribution in [-0.4, -0.2) is 74.7 Å². The molecule has 2 aliphatic rings. The summed E-state index contributed by atoms with van der Waals surface area (Å²) in [4.78, 5) is 27.8. The highest BCUT2D eigenvalue weighted by Crippen LogP contribution is 2.18. The molecule has 21 heavy (non-hydrogen) atoms. The molecule has 0 N–H and O–H groups in total. The van der Waals surface area contributed by atoms with Crippen LogP contribution in [0.2, 0.25) is 0 Å². The van der Waals surface area contributed by atoms with Crippen molar-refractivity contribution in [3.05, 3.63) is 0 Å². The lowest BCUT2D eigenvalue weighted by atomic mass is 9.98. The van der Waals surface area contributed by atoms with Gasteiger partial charge in [-0.25, -0.2) is 0 Å². The van der Waals surface area contributed by atoms with Gasteiger partial charge in [-0.1, -0.05) is 0 Å². The van der Waals surface area contributed by atoms with Gasteiger partial charge in [-0.3, -0.25) is 9.59 Å². The van der Waals surface area contributed by atoms with E-state index in [1.54, 1.807) is 0 Å². The fourth-order valence-corrected chi connectivity index (χ4v) is 3.04. The number of hydrogen-bond donors (Lipinski definition) is 0. The number of ether oxygens (including phenoxy) is 2. The van der Waals surface area contributed by atoms with Crippen LogP contribution in [0.4, 0.5) is 0 Å². The van der Waals surface area contributed by atoms with Crippen LogP contribution < -0.4 is 0 Å². The van der Waals surface area contributed by atoms with Gasteiger partial charge in [-0.15, -0.1) is 0 Å². The monoisotopic (exact) mass is 298 g/mol. The number of hydrogen-bond acceptors (Lipinski definition) is 5. The Morgan fingerprint density at radius 1 is 1.24 bits per heavy atom. The lowest BCUT2D eigenvalue weighted by Gasteiger charge is -2.31. The molecule has 1 amide bonds. The van der Waals surface area contributed by atoms with Crippen molar-refractivity contribution in [1.82, 2.24) is 9.80 Å². The summed E-state index contributed by atoms with van der Waals surface area (Å²) in [5.74, 6) is 0.114. The average Bonchev–Trinajstić information content (AvgIpc) is 2.55. The third kappa shape index (κ3) is 4.97. The number of methoxy groups -OCH3 is 1. The van der Waals surface area contributed by atoms with Gasteiger partial charge in [0.1, 0.15) is 0 Å². The lowest BCUT2D eigenvalue weighted by molar-refractivity contribution is -0.147. The molecule has 2 fully saturated rings. The van der Waals surface area contributed by atoms with Gasteiger partial charge >= 0.3 is 5.97 Å². The highest BCUT2D eigenvalue weighted by molar-refractivity contribution is 5.76. The zero-order valence-electron chi connectivity index (χ0n) is 12.9. The molecule has 1 unspecified atom stereocenters. The average molecular weight is 298 g/mol. The van der Waals surface area contributed by atoms with Crippen LogP contribution in [0, 0.1) is 5.92 Å². The second-order valence-electron chi connectivity index (χ2n) is 5.76. The van der Waals surface area contributed by atoms with E-state index < -0.39 is 0 Å². The number of carbonyl (C=O) groups excluding carboxylic acids is 2. The molecule has 2 aliphatic heterocycles. The lowest BCUT2D eigenvalue weighted by Crippen LogP contribution is -2.42. The number of morpholine rings is 1. The first kappa shape index (κ1) is 16.2. The highest BCUT2D eigenvalue weighted by Gasteiger charge is 2.26. The molecule has 2 rings (SSSR count). The number of esters is 1. The summed E-state index contributed by atoms with van der Waals surface area (Å²) < 4.78 is 10.1. The number of likely N-dealkylation sites (tertiary alicyclic amines) is 1. The van der Waals surface area contributed by atoms with Gasteiger partial charge in [0.25, 0.3) is 0 Å². The number of nitrogens with zero attached hydrogens (tertiary/aromatic N) is 2. The SMILES string of the molecule is COC(=O)C1CCCN(CCCC(=O)N2CCOCC2)C1. The van der Waals surface area contributed by atoms with Crippen LogP contribution in [0.1, 0.15) is 25.7 Å². The Bertz CT molecular complexity index is 356. The maximum atomic E-state index is 12.0. The van der Waals surface area contributed by atoms with E-state index >= 15 is 0 Å². The Labute approximate surface area is 126 Å². The summed E-state index contributed by atoms with van der Waals surface area (Å²) in [5.41, 5.74) is 0. The third-order valence-electron chi connectivity index (χ3n) is 4.27. The number of amides is 1. The zero-order chi connectivity index (χ0) is 15.1. The Morgan fingerprint density at radius 2 is 2.00 bits per heavy atom. The maximum absolute atomic E-state index is 12.0. The second kappa shape index (κ2) is 8.34. The number of piperidine rings is 1. The maximum Gasteiger partial charge on any atom is 0.309 e. The van der Waals surface area contributed by atoms with E-state index in [-0.39, 0.29) is 17.8 Å². The van der Waals surface area contributed by atoms with Gasteiger partial charge in [0.05, 0.1) is 26.2 Å². The summed E-state index contributed by atoms with van der Waals surface area (Å²) in [6, 6.07) is 0. The minimum atomic E-state index is -0.107. The molecule has 0 aromatic heterocycles. The van der Waals surface area contributed by atoms with Gasteiger partial charge in [0.2, 0.25) is 5.91 Å². The predicted octanol–water partition coefficient (Wildman–Crippen LogP) is 0.510. The highest BCUT2D eigenvalue weighted by atomic mass is 16.5. The molecule has 120 valence electrons. The summed E-state index contributed by atoms with van der Waals surface area (Å²) in [6.45, 7) is 5.39. The molecular weight excluding hydrogens is 272 g/mol. The minimum Gasteiger partial charge on any atom is -0.469 e. The first-order valence-corrected chi connectivity index (χ1v) is 7.86. The molecule has 0 aromatic carbocycles. The largest absolute Gasteiger partial charge is 0.469 e. The number of rotatable bonds is 5. The van der Waals surface area contributed by atoms with Crippen molar-refractivity contribution < 1.29 is 19.1 Å². The van der Waals surface area contributed by atoms with Gasteiger partial charge in [0.15, 0.2) is 0 Å². The van der Waals surface area contributed by atoms with E-state index in [1.807, 2.05) is 4.90 Å². The van der Waals surface area contributed by atoms with Crippen molar-refractivity contribution in [2.75, 3.05) is 53.0 Å². The van der Waals surface area contributed by atoms with E-state index in [0.29, 0.717) is 32.7 Å².